The van der Waals surface area contributed by atoms with Gasteiger partial charge in [-0.3, -0.25) is 4.68 Å². The highest BCUT2D eigenvalue weighted by atomic mass is 19.1. The summed E-state index contributed by atoms with van der Waals surface area (Å²) in [5, 5.41) is 13.9. The van der Waals surface area contributed by atoms with Gasteiger partial charge in [-0.2, -0.15) is 10.4 Å². The largest absolute Gasteiger partial charge is 0.318 e. The van der Waals surface area contributed by atoms with Crippen molar-refractivity contribution in [3.05, 3.63) is 48.3 Å². The highest BCUT2D eigenvalue weighted by Gasteiger charge is 2.34. The van der Waals surface area contributed by atoms with Crippen molar-refractivity contribution in [3.8, 4) is 28.5 Å². The fourth-order valence-electron chi connectivity index (χ4n) is 4.36. The lowest BCUT2D eigenvalue weighted by molar-refractivity contribution is 0.139. The van der Waals surface area contributed by atoms with Crippen LogP contribution in [0.25, 0.3) is 33.5 Å². The van der Waals surface area contributed by atoms with E-state index in [0.717, 1.165) is 46.3 Å². The van der Waals surface area contributed by atoms with Crippen LogP contribution in [-0.4, -0.2) is 35.0 Å². The Balaban J connectivity index is 1.60. The van der Waals surface area contributed by atoms with Gasteiger partial charge in [0.1, 0.15) is 22.9 Å². The van der Waals surface area contributed by atoms with E-state index in [1.54, 1.807) is 23.4 Å². The summed E-state index contributed by atoms with van der Waals surface area (Å²) in [4.78, 5) is 13.5. The molecule has 4 aromatic heterocycles. The summed E-state index contributed by atoms with van der Waals surface area (Å²) in [6.45, 7) is 2.12. The summed E-state index contributed by atoms with van der Waals surface area (Å²) in [5.41, 5.74) is 4.55. The third kappa shape index (κ3) is 3.46. The molecule has 0 unspecified atom stereocenters. The van der Waals surface area contributed by atoms with Gasteiger partial charge in [0.2, 0.25) is 0 Å². The highest BCUT2D eigenvalue weighted by molar-refractivity contribution is 5.85. The first-order chi connectivity index (χ1) is 15.0. The molecule has 0 radical (unpaired) electrons. The molecule has 1 aliphatic carbocycles. The van der Waals surface area contributed by atoms with Gasteiger partial charge >= 0.3 is 0 Å². The molecule has 0 bridgehead atoms. The highest BCUT2D eigenvalue weighted by Crippen LogP contribution is 2.36. The van der Waals surface area contributed by atoms with E-state index in [0.29, 0.717) is 24.2 Å². The lowest BCUT2D eigenvalue weighted by atomic mass is 9.99. The number of aryl methyl sites for hydroxylation is 2. The fourth-order valence-corrected chi connectivity index (χ4v) is 4.36. The van der Waals surface area contributed by atoms with Gasteiger partial charge in [0.05, 0.1) is 24.8 Å². The Labute approximate surface area is 179 Å². The van der Waals surface area contributed by atoms with E-state index in [1.165, 1.54) is 0 Å². The summed E-state index contributed by atoms with van der Waals surface area (Å²) in [5.74, 6) is 0. The van der Waals surface area contributed by atoms with Crippen LogP contribution in [0.5, 0.6) is 0 Å². The number of aromatic nitrogens is 6. The quantitative estimate of drug-likeness (QED) is 0.494. The molecular formula is C23H22FN7. The number of fused-ring (bicyclic) bond motifs is 1. The first-order valence-electron chi connectivity index (χ1n) is 10.4. The standard InChI is InChI=1S/C23H22FN7/c1-15-7-18(17-11-28-31(12-17)13-23(24)5-3-4-6-23)21(29-20(15)9-25)16-8-19-22(26-10-16)30(2)14-27-19/h7-8,10-12,14H,3-6,13H2,1-2H3. The number of hydrogen-bond donors (Lipinski definition) is 0. The lowest BCUT2D eigenvalue weighted by Crippen LogP contribution is -2.25. The van der Waals surface area contributed by atoms with Crippen molar-refractivity contribution < 1.29 is 4.39 Å². The van der Waals surface area contributed by atoms with Crippen molar-refractivity contribution >= 4 is 11.2 Å². The van der Waals surface area contributed by atoms with Crippen molar-refractivity contribution in [1.82, 2.24) is 29.3 Å². The van der Waals surface area contributed by atoms with Crippen LogP contribution in [0.3, 0.4) is 0 Å². The average Bonchev–Trinajstić information content (AvgIpc) is 3.49. The van der Waals surface area contributed by atoms with Crippen molar-refractivity contribution in [2.45, 2.75) is 44.8 Å². The first kappa shape index (κ1) is 19.4. The number of halogens is 1. The van der Waals surface area contributed by atoms with E-state index in [9.17, 15) is 9.65 Å². The number of pyridine rings is 2. The summed E-state index contributed by atoms with van der Waals surface area (Å²) in [6.07, 6.45) is 10.1. The van der Waals surface area contributed by atoms with Crippen molar-refractivity contribution in [3.63, 3.8) is 0 Å². The zero-order valence-electron chi connectivity index (χ0n) is 17.5. The van der Waals surface area contributed by atoms with Crippen LogP contribution in [0.4, 0.5) is 4.39 Å². The summed E-state index contributed by atoms with van der Waals surface area (Å²) < 4.78 is 18.5. The van der Waals surface area contributed by atoms with Gasteiger partial charge in [0.15, 0.2) is 5.65 Å². The number of nitriles is 1. The lowest BCUT2D eigenvalue weighted by Gasteiger charge is -2.18. The molecule has 5 rings (SSSR count). The first-order valence-corrected chi connectivity index (χ1v) is 10.4. The van der Waals surface area contributed by atoms with E-state index in [4.69, 9.17) is 0 Å². The molecule has 4 aromatic rings. The van der Waals surface area contributed by atoms with Crippen LogP contribution in [0.15, 0.2) is 37.1 Å². The molecule has 0 saturated heterocycles. The third-order valence-corrected chi connectivity index (χ3v) is 6.03. The second-order valence-corrected chi connectivity index (χ2v) is 8.37. The van der Waals surface area contributed by atoms with Crippen LogP contribution < -0.4 is 0 Å². The second-order valence-electron chi connectivity index (χ2n) is 8.37. The SMILES string of the molecule is Cc1cc(-c2cnn(CC3(F)CCCC3)c2)c(-c2cnc3c(c2)ncn3C)nc1C#N. The molecule has 0 aromatic carbocycles. The smallest absolute Gasteiger partial charge is 0.159 e. The van der Waals surface area contributed by atoms with E-state index in [2.05, 4.69) is 26.1 Å². The Bertz CT molecular complexity index is 1320. The van der Waals surface area contributed by atoms with Crippen molar-refractivity contribution in [2.75, 3.05) is 0 Å². The predicted molar refractivity (Wildman–Crippen MR) is 115 cm³/mol. The third-order valence-electron chi connectivity index (χ3n) is 6.03. The zero-order valence-corrected chi connectivity index (χ0v) is 17.5. The molecule has 31 heavy (non-hydrogen) atoms. The molecule has 0 spiro atoms. The van der Waals surface area contributed by atoms with E-state index < -0.39 is 5.67 Å². The van der Waals surface area contributed by atoms with E-state index in [1.807, 2.05) is 36.9 Å². The van der Waals surface area contributed by atoms with Crippen LogP contribution in [0.1, 0.15) is 36.9 Å². The molecule has 1 aliphatic rings. The number of alkyl halides is 1. The molecule has 7 nitrogen and oxygen atoms in total. The molecule has 1 fully saturated rings. The molecule has 0 aliphatic heterocycles. The van der Waals surface area contributed by atoms with Gasteiger partial charge < -0.3 is 4.57 Å². The molecule has 8 heteroatoms. The summed E-state index contributed by atoms with van der Waals surface area (Å²) in [6, 6.07) is 6.02. The average molecular weight is 415 g/mol. The van der Waals surface area contributed by atoms with Crippen LogP contribution in [0, 0.1) is 18.3 Å². The van der Waals surface area contributed by atoms with Gasteiger partial charge in [0, 0.05) is 36.1 Å². The number of rotatable bonds is 4. The predicted octanol–water partition coefficient (Wildman–Crippen LogP) is 4.36. The summed E-state index contributed by atoms with van der Waals surface area (Å²) >= 11 is 0. The normalized spacial score (nSPS) is 15.4. The van der Waals surface area contributed by atoms with E-state index >= 15 is 0 Å². The molecule has 4 heterocycles. The molecule has 156 valence electrons. The molecular weight excluding hydrogens is 393 g/mol. The molecule has 0 N–H and O–H groups in total. The van der Waals surface area contributed by atoms with Crippen molar-refractivity contribution in [2.24, 2.45) is 7.05 Å². The maximum absolute atomic E-state index is 14.9. The minimum absolute atomic E-state index is 0.256. The zero-order chi connectivity index (χ0) is 21.6. The van der Waals surface area contributed by atoms with E-state index in [-0.39, 0.29) is 6.54 Å². The van der Waals surface area contributed by atoms with Gasteiger partial charge in [-0.15, -0.1) is 0 Å². The molecule has 1 saturated carbocycles. The van der Waals surface area contributed by atoms with Crippen LogP contribution >= 0.6 is 0 Å². The Kier molecular flexibility index (Phi) is 4.54. The second kappa shape index (κ2) is 7.27. The maximum Gasteiger partial charge on any atom is 0.159 e. The van der Waals surface area contributed by atoms with Gasteiger partial charge in [-0.1, -0.05) is 12.8 Å². The summed E-state index contributed by atoms with van der Waals surface area (Å²) in [7, 11) is 1.89. The fraction of sp³-hybridized carbons (Fsp3) is 0.348. The Morgan fingerprint density at radius 2 is 1.97 bits per heavy atom. The molecule has 0 amide bonds. The Morgan fingerprint density at radius 3 is 2.74 bits per heavy atom. The van der Waals surface area contributed by atoms with Crippen LogP contribution in [-0.2, 0) is 13.6 Å². The van der Waals surface area contributed by atoms with Crippen LogP contribution in [0.2, 0.25) is 0 Å². The monoisotopic (exact) mass is 415 g/mol. The maximum atomic E-state index is 14.9. The minimum Gasteiger partial charge on any atom is -0.318 e. The Hall–Kier alpha value is -3.60. The van der Waals surface area contributed by atoms with Gasteiger partial charge in [-0.05, 0) is 37.5 Å². The van der Waals surface area contributed by atoms with Gasteiger partial charge in [-0.25, -0.2) is 19.3 Å². The van der Waals surface area contributed by atoms with Gasteiger partial charge in [0.25, 0.3) is 0 Å². The van der Waals surface area contributed by atoms with Crippen molar-refractivity contribution in [1.29, 1.82) is 5.26 Å². The Morgan fingerprint density at radius 1 is 1.16 bits per heavy atom. The topological polar surface area (TPSA) is 85.2 Å². The number of imidazole rings is 1. The number of nitrogens with zero attached hydrogens (tertiary/aromatic N) is 7. The minimum atomic E-state index is -1.18. The number of hydrogen-bond acceptors (Lipinski definition) is 5. The molecule has 0 atom stereocenters.